The van der Waals surface area contributed by atoms with Crippen molar-refractivity contribution in [1.29, 1.82) is 0 Å². The Labute approximate surface area is 157 Å². The molecule has 6 heteroatoms. The van der Waals surface area contributed by atoms with Gasteiger partial charge in [-0.2, -0.15) is 5.10 Å². The molecule has 0 saturated heterocycles. The molecule has 0 fully saturated rings. The monoisotopic (exact) mass is 368 g/mol. The van der Waals surface area contributed by atoms with Gasteiger partial charge in [0, 0.05) is 34.9 Å². The summed E-state index contributed by atoms with van der Waals surface area (Å²) < 4.78 is 0. The number of nitrogens with zero attached hydrogens (tertiary/aromatic N) is 1. The Hall–Kier alpha value is -2.79. The van der Waals surface area contributed by atoms with E-state index in [1.165, 1.54) is 0 Å². The minimum absolute atomic E-state index is 0.0433. The number of benzene rings is 2. The van der Waals surface area contributed by atoms with Crippen molar-refractivity contribution in [1.82, 2.24) is 15.5 Å². The summed E-state index contributed by atoms with van der Waals surface area (Å²) >= 11 is 5.95. The van der Waals surface area contributed by atoms with Crippen LogP contribution in [0.5, 0.6) is 0 Å². The van der Waals surface area contributed by atoms with Crippen LogP contribution in [-0.4, -0.2) is 22.6 Å². The van der Waals surface area contributed by atoms with Crippen molar-refractivity contribution in [3.8, 4) is 11.3 Å². The SMILES string of the molecule is CCCNC(=O)c1ccc(NCc2cn[nH]c2-c2ccc(Cl)cc2)cc1. The van der Waals surface area contributed by atoms with Crippen LogP contribution in [0, 0.1) is 0 Å². The molecule has 0 unspecified atom stereocenters. The standard InChI is InChI=1S/C20H21ClN4O/c1-2-11-22-20(26)15-5-9-18(10-6-15)23-12-16-13-24-25-19(16)14-3-7-17(21)8-4-14/h3-10,13,23H,2,11-12H2,1H3,(H,22,26)(H,24,25). The molecule has 1 amide bonds. The zero-order valence-corrected chi connectivity index (χ0v) is 15.3. The highest BCUT2D eigenvalue weighted by atomic mass is 35.5. The molecule has 2 aromatic carbocycles. The van der Waals surface area contributed by atoms with Crippen molar-refractivity contribution in [2.24, 2.45) is 0 Å². The second-order valence-corrected chi connectivity index (χ2v) is 6.40. The summed E-state index contributed by atoms with van der Waals surface area (Å²) in [5, 5.41) is 14.1. The predicted octanol–water partition coefficient (Wildman–Crippen LogP) is 4.48. The number of amides is 1. The maximum atomic E-state index is 11.9. The summed E-state index contributed by atoms with van der Waals surface area (Å²) in [7, 11) is 0. The molecule has 1 aromatic heterocycles. The number of anilines is 1. The van der Waals surface area contributed by atoms with Crippen LogP contribution >= 0.6 is 11.6 Å². The molecule has 26 heavy (non-hydrogen) atoms. The predicted molar refractivity (Wildman–Crippen MR) is 105 cm³/mol. The summed E-state index contributed by atoms with van der Waals surface area (Å²) in [6.45, 7) is 3.34. The fourth-order valence-electron chi connectivity index (χ4n) is 2.59. The van der Waals surface area contributed by atoms with Gasteiger partial charge in [-0.15, -0.1) is 0 Å². The Balaban J connectivity index is 1.64. The van der Waals surface area contributed by atoms with E-state index in [1.807, 2.05) is 61.7 Å². The normalized spacial score (nSPS) is 10.5. The molecule has 0 aliphatic heterocycles. The smallest absolute Gasteiger partial charge is 0.251 e. The van der Waals surface area contributed by atoms with E-state index in [0.29, 0.717) is 23.7 Å². The summed E-state index contributed by atoms with van der Waals surface area (Å²) in [5.41, 5.74) is 4.66. The van der Waals surface area contributed by atoms with Gasteiger partial charge in [-0.25, -0.2) is 0 Å². The van der Waals surface area contributed by atoms with Crippen LogP contribution in [0.25, 0.3) is 11.3 Å². The molecular weight excluding hydrogens is 348 g/mol. The number of carbonyl (C=O) groups excluding carboxylic acids is 1. The number of rotatable bonds is 7. The van der Waals surface area contributed by atoms with E-state index in [0.717, 1.165) is 28.9 Å². The Morgan fingerprint density at radius 1 is 1.12 bits per heavy atom. The molecular formula is C20H21ClN4O. The van der Waals surface area contributed by atoms with E-state index in [-0.39, 0.29) is 5.91 Å². The lowest BCUT2D eigenvalue weighted by atomic mass is 10.1. The minimum atomic E-state index is -0.0433. The molecule has 134 valence electrons. The number of aromatic amines is 1. The van der Waals surface area contributed by atoms with E-state index < -0.39 is 0 Å². The van der Waals surface area contributed by atoms with Gasteiger partial charge in [-0.05, 0) is 48.4 Å². The van der Waals surface area contributed by atoms with E-state index >= 15 is 0 Å². The third kappa shape index (κ3) is 4.43. The molecule has 1 heterocycles. The maximum absolute atomic E-state index is 11.9. The highest BCUT2D eigenvalue weighted by Gasteiger charge is 2.08. The summed E-state index contributed by atoms with van der Waals surface area (Å²) in [6.07, 6.45) is 2.73. The van der Waals surface area contributed by atoms with Gasteiger partial charge in [0.25, 0.3) is 5.91 Å². The third-order valence-electron chi connectivity index (χ3n) is 4.02. The van der Waals surface area contributed by atoms with Crippen molar-refractivity contribution < 1.29 is 4.79 Å². The summed E-state index contributed by atoms with van der Waals surface area (Å²) in [5.74, 6) is -0.0433. The van der Waals surface area contributed by atoms with Gasteiger partial charge in [-0.1, -0.05) is 30.7 Å². The van der Waals surface area contributed by atoms with Crippen LogP contribution in [0.15, 0.2) is 54.7 Å². The Morgan fingerprint density at radius 2 is 1.85 bits per heavy atom. The zero-order chi connectivity index (χ0) is 18.4. The van der Waals surface area contributed by atoms with Gasteiger partial charge in [-0.3, -0.25) is 9.89 Å². The largest absolute Gasteiger partial charge is 0.381 e. The first-order valence-corrected chi connectivity index (χ1v) is 8.95. The lowest BCUT2D eigenvalue weighted by Crippen LogP contribution is -2.23. The first kappa shape index (κ1) is 18.0. The van der Waals surface area contributed by atoms with Crippen molar-refractivity contribution in [3.63, 3.8) is 0 Å². The van der Waals surface area contributed by atoms with Crippen molar-refractivity contribution in [3.05, 3.63) is 70.9 Å². The Bertz CT molecular complexity index is 856. The molecule has 3 rings (SSSR count). The number of H-pyrrole nitrogens is 1. The van der Waals surface area contributed by atoms with Gasteiger partial charge in [0.1, 0.15) is 0 Å². The third-order valence-corrected chi connectivity index (χ3v) is 4.27. The van der Waals surface area contributed by atoms with Crippen molar-refractivity contribution in [2.75, 3.05) is 11.9 Å². The molecule has 5 nitrogen and oxygen atoms in total. The molecule has 3 aromatic rings. The van der Waals surface area contributed by atoms with E-state index in [2.05, 4.69) is 20.8 Å². The molecule has 0 atom stereocenters. The van der Waals surface area contributed by atoms with Crippen LogP contribution in [0.3, 0.4) is 0 Å². The summed E-state index contributed by atoms with van der Waals surface area (Å²) in [4.78, 5) is 11.9. The first-order chi connectivity index (χ1) is 12.7. The number of aromatic nitrogens is 2. The number of hydrogen-bond donors (Lipinski definition) is 3. The van der Waals surface area contributed by atoms with Gasteiger partial charge >= 0.3 is 0 Å². The first-order valence-electron chi connectivity index (χ1n) is 8.57. The van der Waals surface area contributed by atoms with Crippen LogP contribution in [-0.2, 0) is 6.54 Å². The lowest BCUT2D eigenvalue weighted by molar-refractivity contribution is 0.0953. The highest BCUT2D eigenvalue weighted by Crippen LogP contribution is 2.23. The zero-order valence-electron chi connectivity index (χ0n) is 14.6. The van der Waals surface area contributed by atoms with Crippen LogP contribution < -0.4 is 10.6 Å². The number of nitrogens with one attached hydrogen (secondary N) is 3. The molecule has 0 radical (unpaired) electrons. The van der Waals surface area contributed by atoms with Gasteiger partial charge in [0.15, 0.2) is 0 Å². The lowest BCUT2D eigenvalue weighted by Gasteiger charge is -2.09. The Morgan fingerprint density at radius 3 is 2.54 bits per heavy atom. The Kier molecular flexibility index (Phi) is 5.92. The molecule has 3 N–H and O–H groups in total. The average molecular weight is 369 g/mol. The van der Waals surface area contributed by atoms with Crippen LogP contribution in [0.4, 0.5) is 5.69 Å². The van der Waals surface area contributed by atoms with Gasteiger partial charge in [0.2, 0.25) is 0 Å². The van der Waals surface area contributed by atoms with E-state index in [1.54, 1.807) is 0 Å². The molecule has 0 bridgehead atoms. The average Bonchev–Trinajstić information content (AvgIpc) is 3.14. The van der Waals surface area contributed by atoms with Crippen LogP contribution in [0.1, 0.15) is 29.3 Å². The van der Waals surface area contributed by atoms with Crippen LogP contribution in [0.2, 0.25) is 5.02 Å². The fraction of sp³-hybridized carbons (Fsp3) is 0.200. The second-order valence-electron chi connectivity index (χ2n) is 5.96. The topological polar surface area (TPSA) is 69.8 Å². The molecule has 0 aliphatic carbocycles. The maximum Gasteiger partial charge on any atom is 0.251 e. The minimum Gasteiger partial charge on any atom is -0.381 e. The number of halogens is 1. The number of hydrogen-bond acceptors (Lipinski definition) is 3. The molecule has 0 saturated carbocycles. The summed E-state index contributed by atoms with van der Waals surface area (Å²) in [6, 6.07) is 15.1. The molecule has 0 aliphatic rings. The highest BCUT2D eigenvalue weighted by molar-refractivity contribution is 6.30. The van der Waals surface area contributed by atoms with E-state index in [4.69, 9.17) is 11.6 Å². The van der Waals surface area contributed by atoms with Crippen molar-refractivity contribution >= 4 is 23.2 Å². The quantitative estimate of drug-likeness (QED) is 0.575. The van der Waals surface area contributed by atoms with Crippen molar-refractivity contribution in [2.45, 2.75) is 19.9 Å². The fourth-order valence-corrected chi connectivity index (χ4v) is 2.71. The second kappa shape index (κ2) is 8.54. The van der Waals surface area contributed by atoms with E-state index in [9.17, 15) is 4.79 Å². The number of carbonyl (C=O) groups is 1. The van der Waals surface area contributed by atoms with Gasteiger partial charge in [0.05, 0.1) is 11.9 Å². The molecule has 0 spiro atoms. The van der Waals surface area contributed by atoms with Gasteiger partial charge < -0.3 is 10.6 Å².